The average Bonchev–Trinajstić information content (AvgIpc) is 3.59. The lowest BCUT2D eigenvalue weighted by Gasteiger charge is -2.14. The van der Waals surface area contributed by atoms with Crippen LogP contribution < -0.4 is 24.8 Å². The number of nitrogens with one attached hydrogen (secondary N) is 2. The molecule has 0 spiro atoms. The van der Waals surface area contributed by atoms with Gasteiger partial charge in [-0.2, -0.15) is 10.1 Å². The molecule has 2 heterocycles. The molecule has 6 rings (SSSR count). The lowest BCUT2D eigenvalue weighted by Crippen LogP contribution is -2.21. The number of benzene rings is 4. The minimum absolute atomic E-state index is 0.215. The Kier molecular flexibility index (Phi) is 12.1. The number of aromatic nitrogens is 4. The van der Waals surface area contributed by atoms with Gasteiger partial charge in [-0.15, -0.1) is 0 Å². The molecular formula is C42H46N6O6. The number of ether oxygens (including phenoxy) is 5. The van der Waals surface area contributed by atoms with Crippen LogP contribution in [-0.4, -0.2) is 66.4 Å². The van der Waals surface area contributed by atoms with Crippen LogP contribution in [0.3, 0.4) is 0 Å². The Labute approximate surface area is 315 Å². The lowest BCUT2D eigenvalue weighted by molar-refractivity contribution is 0.0544. The summed E-state index contributed by atoms with van der Waals surface area (Å²) in [5.74, 6) is 3.41. The first-order valence-electron chi connectivity index (χ1n) is 17.7. The molecule has 4 aromatic carbocycles. The SMILES string of the molecule is COCCOCCOc1cc(Cc2nccc(Oc3ccc(NC(=O)Nc4cc(C(C)(C)C)nn4-c4ccc(C)cc4)c4ccccc34)n2)cc(OC)c1. The fraction of sp³-hybridized carbons (Fsp3) is 0.286. The predicted molar refractivity (Wildman–Crippen MR) is 210 cm³/mol. The summed E-state index contributed by atoms with van der Waals surface area (Å²) >= 11 is 0. The summed E-state index contributed by atoms with van der Waals surface area (Å²) in [5, 5.41) is 12.5. The number of aryl methyl sites for hydroxylation is 1. The largest absolute Gasteiger partial charge is 0.497 e. The highest BCUT2D eigenvalue weighted by Gasteiger charge is 2.22. The molecule has 12 nitrogen and oxygen atoms in total. The summed E-state index contributed by atoms with van der Waals surface area (Å²) in [6, 6.07) is 28.3. The van der Waals surface area contributed by atoms with Gasteiger partial charge in [-0.1, -0.05) is 62.7 Å². The molecule has 0 aliphatic carbocycles. The number of rotatable bonds is 15. The number of carbonyl (C=O) groups excluding carboxylic acids is 1. The summed E-state index contributed by atoms with van der Waals surface area (Å²) in [6.07, 6.45) is 2.09. The van der Waals surface area contributed by atoms with Gasteiger partial charge in [0, 0.05) is 54.1 Å². The van der Waals surface area contributed by atoms with Gasteiger partial charge in [-0.05, 0) is 48.9 Å². The third-order valence-electron chi connectivity index (χ3n) is 8.49. The van der Waals surface area contributed by atoms with E-state index in [4.69, 9.17) is 33.8 Å². The van der Waals surface area contributed by atoms with Gasteiger partial charge in [-0.3, -0.25) is 5.32 Å². The van der Waals surface area contributed by atoms with Crippen LogP contribution in [0.1, 0.15) is 43.4 Å². The van der Waals surface area contributed by atoms with Crippen molar-refractivity contribution in [3.63, 3.8) is 0 Å². The third kappa shape index (κ3) is 9.71. The van der Waals surface area contributed by atoms with Gasteiger partial charge in [0.15, 0.2) is 0 Å². The van der Waals surface area contributed by atoms with E-state index >= 15 is 0 Å². The van der Waals surface area contributed by atoms with E-state index in [9.17, 15) is 4.79 Å². The summed E-state index contributed by atoms with van der Waals surface area (Å²) in [5.41, 5.74) is 4.16. The minimum Gasteiger partial charge on any atom is -0.497 e. The molecule has 2 aromatic heterocycles. The van der Waals surface area contributed by atoms with Crippen molar-refractivity contribution < 1.29 is 28.5 Å². The van der Waals surface area contributed by atoms with E-state index in [-0.39, 0.29) is 5.41 Å². The molecule has 54 heavy (non-hydrogen) atoms. The minimum atomic E-state index is -0.399. The fourth-order valence-electron chi connectivity index (χ4n) is 5.67. The Balaban J connectivity index is 1.16. The maximum Gasteiger partial charge on any atom is 0.324 e. The Morgan fingerprint density at radius 2 is 1.57 bits per heavy atom. The number of nitrogens with zero attached hydrogens (tertiary/aromatic N) is 4. The quantitative estimate of drug-likeness (QED) is 0.0999. The molecule has 2 amide bonds. The van der Waals surface area contributed by atoms with Crippen molar-refractivity contribution in [3.8, 4) is 28.8 Å². The van der Waals surface area contributed by atoms with Gasteiger partial charge in [-0.25, -0.2) is 14.5 Å². The highest BCUT2D eigenvalue weighted by Crippen LogP contribution is 2.35. The number of urea groups is 1. The normalized spacial score (nSPS) is 11.4. The number of carbonyl (C=O) groups is 1. The van der Waals surface area contributed by atoms with Crippen molar-refractivity contribution in [1.29, 1.82) is 0 Å². The van der Waals surface area contributed by atoms with Crippen molar-refractivity contribution in [2.45, 2.75) is 39.5 Å². The zero-order valence-electron chi connectivity index (χ0n) is 31.5. The van der Waals surface area contributed by atoms with E-state index in [0.29, 0.717) is 73.3 Å². The van der Waals surface area contributed by atoms with E-state index < -0.39 is 6.03 Å². The Bertz CT molecular complexity index is 2200. The molecule has 0 saturated heterocycles. The highest BCUT2D eigenvalue weighted by molar-refractivity contribution is 6.07. The monoisotopic (exact) mass is 730 g/mol. The summed E-state index contributed by atoms with van der Waals surface area (Å²) in [7, 11) is 3.25. The average molecular weight is 731 g/mol. The molecule has 0 fully saturated rings. The molecule has 0 aliphatic heterocycles. The lowest BCUT2D eigenvalue weighted by atomic mass is 9.92. The molecule has 0 aliphatic rings. The van der Waals surface area contributed by atoms with Crippen LogP contribution in [-0.2, 0) is 21.3 Å². The van der Waals surface area contributed by atoms with Crippen molar-refractivity contribution >= 4 is 28.3 Å². The van der Waals surface area contributed by atoms with Crippen molar-refractivity contribution in [2.75, 3.05) is 51.3 Å². The summed E-state index contributed by atoms with van der Waals surface area (Å²) < 4.78 is 30.0. The van der Waals surface area contributed by atoms with E-state index in [0.717, 1.165) is 33.3 Å². The van der Waals surface area contributed by atoms with E-state index in [1.807, 2.05) is 91.9 Å². The number of methoxy groups -OCH3 is 2. The first-order chi connectivity index (χ1) is 26.1. The summed E-state index contributed by atoms with van der Waals surface area (Å²) in [4.78, 5) is 22.7. The predicted octanol–water partition coefficient (Wildman–Crippen LogP) is 8.50. The second-order valence-corrected chi connectivity index (χ2v) is 13.7. The first-order valence-corrected chi connectivity index (χ1v) is 17.7. The van der Waals surface area contributed by atoms with E-state index in [2.05, 4.69) is 36.4 Å². The van der Waals surface area contributed by atoms with Crippen LogP contribution in [0.5, 0.6) is 23.1 Å². The van der Waals surface area contributed by atoms with Crippen LogP contribution >= 0.6 is 0 Å². The van der Waals surface area contributed by atoms with Crippen LogP contribution in [0.4, 0.5) is 16.3 Å². The molecule has 0 atom stereocenters. The number of fused-ring (bicyclic) bond motifs is 1. The Morgan fingerprint density at radius 1 is 0.815 bits per heavy atom. The molecule has 0 unspecified atom stereocenters. The number of anilines is 2. The number of amides is 2. The standard InChI is InChI=1S/C42H46N6O6/c1-28-11-13-30(14-12-28)48-39(27-37(47-48)42(2,3)4)46-41(49)44-35-15-16-36(34-10-8-7-9-33(34)35)54-40-17-18-43-38(45-40)25-29-23-31(51-6)26-32(24-29)53-22-21-52-20-19-50-5/h7-18,23-24,26-27H,19-22,25H2,1-6H3,(H2,44,46,49). The third-order valence-corrected chi connectivity index (χ3v) is 8.49. The van der Waals surface area contributed by atoms with Crippen molar-refractivity contribution in [1.82, 2.24) is 19.7 Å². The maximum atomic E-state index is 13.5. The Hall–Kier alpha value is -5.98. The second-order valence-electron chi connectivity index (χ2n) is 13.7. The first kappa shape index (κ1) is 37.8. The van der Waals surface area contributed by atoms with E-state index in [1.165, 1.54) is 0 Å². The van der Waals surface area contributed by atoms with Gasteiger partial charge in [0.25, 0.3) is 0 Å². The summed E-state index contributed by atoms with van der Waals surface area (Å²) in [6.45, 7) is 10.2. The number of hydrogen-bond donors (Lipinski definition) is 2. The zero-order valence-corrected chi connectivity index (χ0v) is 31.5. The van der Waals surface area contributed by atoms with Gasteiger partial charge < -0.3 is 29.0 Å². The number of hydrogen-bond acceptors (Lipinski definition) is 9. The smallest absolute Gasteiger partial charge is 0.324 e. The van der Waals surface area contributed by atoms with Crippen LogP contribution in [0.25, 0.3) is 16.5 Å². The van der Waals surface area contributed by atoms with Crippen LogP contribution in [0.2, 0.25) is 0 Å². The highest BCUT2D eigenvalue weighted by atomic mass is 16.5. The van der Waals surface area contributed by atoms with Gasteiger partial charge in [0.2, 0.25) is 5.88 Å². The second kappa shape index (κ2) is 17.2. The molecule has 0 radical (unpaired) electrons. The molecule has 0 saturated carbocycles. The van der Waals surface area contributed by atoms with Gasteiger partial charge >= 0.3 is 6.03 Å². The molecule has 12 heteroatoms. The van der Waals surface area contributed by atoms with Crippen molar-refractivity contribution in [2.24, 2.45) is 0 Å². The molecular weight excluding hydrogens is 684 g/mol. The molecule has 280 valence electrons. The van der Waals surface area contributed by atoms with Crippen LogP contribution in [0, 0.1) is 6.92 Å². The van der Waals surface area contributed by atoms with Gasteiger partial charge in [0.05, 0.1) is 44.0 Å². The molecule has 0 bridgehead atoms. The Morgan fingerprint density at radius 3 is 2.33 bits per heavy atom. The maximum absolute atomic E-state index is 13.5. The van der Waals surface area contributed by atoms with Crippen molar-refractivity contribution in [3.05, 3.63) is 120 Å². The fourth-order valence-corrected chi connectivity index (χ4v) is 5.67. The molecule has 2 N–H and O–H groups in total. The van der Waals surface area contributed by atoms with Crippen LogP contribution in [0.15, 0.2) is 97.2 Å². The zero-order chi connectivity index (χ0) is 38.1. The molecule has 6 aromatic rings. The van der Waals surface area contributed by atoms with E-state index in [1.54, 1.807) is 31.2 Å². The topological polar surface area (TPSA) is 131 Å². The van der Waals surface area contributed by atoms with Gasteiger partial charge in [0.1, 0.15) is 35.5 Å².